The molecule has 30 heavy (non-hydrogen) atoms. The fourth-order valence-corrected chi connectivity index (χ4v) is 5.62. The van der Waals surface area contributed by atoms with E-state index in [9.17, 15) is 13.2 Å². The minimum atomic E-state index is -3.64. The van der Waals surface area contributed by atoms with E-state index in [1.54, 1.807) is 19.1 Å². The van der Waals surface area contributed by atoms with E-state index in [4.69, 9.17) is 0 Å². The lowest BCUT2D eigenvalue weighted by Gasteiger charge is -2.30. The minimum Gasteiger partial charge on any atom is -0.370 e. The molecule has 3 rings (SSSR count). The molecular weight excluding hydrogens is 398 g/mol. The molecule has 0 unspecified atom stereocenters. The second kappa shape index (κ2) is 9.62. The Morgan fingerprint density at radius 3 is 2.37 bits per heavy atom. The number of hydrogen-bond acceptors (Lipinski definition) is 4. The molecule has 1 N–H and O–H groups in total. The van der Waals surface area contributed by atoms with E-state index in [0.29, 0.717) is 24.2 Å². The van der Waals surface area contributed by atoms with Gasteiger partial charge in [-0.25, -0.2) is 8.42 Å². The summed E-state index contributed by atoms with van der Waals surface area (Å²) in [5.74, 6) is -0.310. The Labute approximate surface area is 179 Å². The molecule has 0 spiro atoms. The first-order valence-electron chi connectivity index (χ1n) is 10.6. The number of aryl methyl sites for hydroxylation is 1. The van der Waals surface area contributed by atoms with Gasteiger partial charge in [-0.3, -0.25) is 4.79 Å². The van der Waals surface area contributed by atoms with Crippen LogP contribution in [-0.2, 0) is 10.0 Å². The van der Waals surface area contributed by atoms with Gasteiger partial charge in [0.2, 0.25) is 10.0 Å². The van der Waals surface area contributed by atoms with Crippen LogP contribution in [0.2, 0.25) is 0 Å². The van der Waals surface area contributed by atoms with E-state index in [-0.39, 0.29) is 10.8 Å². The van der Waals surface area contributed by atoms with Gasteiger partial charge in [0, 0.05) is 31.7 Å². The third-order valence-electron chi connectivity index (χ3n) is 5.62. The lowest BCUT2D eigenvalue weighted by molar-refractivity contribution is 0.102. The first kappa shape index (κ1) is 22.3. The van der Waals surface area contributed by atoms with Crippen LogP contribution in [0.4, 0.5) is 11.4 Å². The first-order valence-corrected chi connectivity index (χ1v) is 12.1. The second-order valence-corrected chi connectivity index (χ2v) is 9.49. The Morgan fingerprint density at radius 1 is 1.03 bits per heavy atom. The zero-order valence-corrected chi connectivity index (χ0v) is 18.8. The van der Waals surface area contributed by atoms with E-state index < -0.39 is 10.0 Å². The van der Waals surface area contributed by atoms with Gasteiger partial charge < -0.3 is 10.2 Å². The molecule has 0 radical (unpaired) electrons. The van der Waals surface area contributed by atoms with Crippen molar-refractivity contribution < 1.29 is 13.2 Å². The number of benzene rings is 2. The van der Waals surface area contributed by atoms with E-state index in [1.807, 2.05) is 38.1 Å². The van der Waals surface area contributed by atoms with E-state index in [1.165, 1.54) is 16.8 Å². The van der Waals surface area contributed by atoms with Crippen molar-refractivity contribution in [2.24, 2.45) is 0 Å². The third-order valence-corrected chi connectivity index (χ3v) is 7.81. The number of carbonyl (C=O) groups excluding carboxylic acids is 1. The topological polar surface area (TPSA) is 69.7 Å². The van der Waals surface area contributed by atoms with Crippen LogP contribution in [0.5, 0.6) is 0 Å². The Balaban J connectivity index is 1.89. The number of nitrogens with zero attached hydrogens (tertiary/aromatic N) is 2. The number of hydrogen-bond donors (Lipinski definition) is 1. The van der Waals surface area contributed by atoms with Crippen LogP contribution in [0.1, 0.15) is 49.0 Å². The maximum Gasteiger partial charge on any atom is 0.255 e. The molecule has 0 aromatic heterocycles. The third kappa shape index (κ3) is 4.68. The molecule has 1 heterocycles. The highest BCUT2D eigenvalue weighted by Crippen LogP contribution is 2.29. The van der Waals surface area contributed by atoms with Gasteiger partial charge >= 0.3 is 0 Å². The van der Waals surface area contributed by atoms with E-state index in [2.05, 4.69) is 10.2 Å². The van der Waals surface area contributed by atoms with E-state index >= 15 is 0 Å². The van der Waals surface area contributed by atoms with Crippen molar-refractivity contribution in [1.29, 1.82) is 0 Å². The van der Waals surface area contributed by atoms with Crippen molar-refractivity contribution in [3.63, 3.8) is 0 Å². The highest BCUT2D eigenvalue weighted by atomic mass is 32.2. The van der Waals surface area contributed by atoms with Crippen LogP contribution in [0.3, 0.4) is 0 Å². The summed E-state index contributed by atoms with van der Waals surface area (Å²) in [4.78, 5) is 15.5. The number of piperidine rings is 1. The zero-order valence-electron chi connectivity index (χ0n) is 18.0. The highest BCUT2D eigenvalue weighted by Gasteiger charge is 2.25. The van der Waals surface area contributed by atoms with Gasteiger partial charge in [-0.15, -0.1) is 0 Å². The summed E-state index contributed by atoms with van der Waals surface area (Å²) < 4.78 is 27.4. The van der Waals surface area contributed by atoms with Crippen molar-refractivity contribution >= 4 is 27.3 Å². The minimum absolute atomic E-state index is 0.183. The van der Waals surface area contributed by atoms with Crippen molar-refractivity contribution in [3.05, 3.63) is 53.6 Å². The molecule has 0 atom stereocenters. The number of amides is 1. The highest BCUT2D eigenvalue weighted by molar-refractivity contribution is 7.89. The molecule has 1 aliphatic rings. The molecule has 0 bridgehead atoms. The summed E-state index contributed by atoms with van der Waals surface area (Å²) >= 11 is 0. The van der Waals surface area contributed by atoms with Crippen molar-refractivity contribution in [3.8, 4) is 0 Å². The molecular formula is C23H31N3O3S. The van der Waals surface area contributed by atoms with Crippen LogP contribution >= 0.6 is 0 Å². The van der Waals surface area contributed by atoms with E-state index in [0.717, 1.165) is 37.3 Å². The molecule has 6 nitrogen and oxygen atoms in total. The number of sulfonamides is 1. The molecule has 1 fully saturated rings. The predicted molar refractivity (Wildman–Crippen MR) is 122 cm³/mol. The van der Waals surface area contributed by atoms with Gasteiger partial charge in [-0.1, -0.05) is 32.0 Å². The number of carbonyl (C=O) groups is 1. The number of para-hydroxylation sites is 2. The summed E-state index contributed by atoms with van der Waals surface area (Å²) in [5, 5.41) is 2.99. The van der Waals surface area contributed by atoms with Crippen LogP contribution in [0.25, 0.3) is 0 Å². The summed E-state index contributed by atoms with van der Waals surface area (Å²) in [7, 11) is -3.64. The maximum atomic E-state index is 13.0. The molecule has 1 amide bonds. The average molecular weight is 430 g/mol. The fraction of sp³-hybridized carbons (Fsp3) is 0.435. The number of anilines is 2. The summed E-state index contributed by atoms with van der Waals surface area (Å²) in [6, 6.07) is 12.6. The normalized spacial score (nSPS) is 14.7. The average Bonchev–Trinajstić information content (AvgIpc) is 2.75. The van der Waals surface area contributed by atoms with Crippen LogP contribution < -0.4 is 10.2 Å². The second-order valence-electron chi connectivity index (χ2n) is 7.59. The van der Waals surface area contributed by atoms with Gasteiger partial charge in [0.25, 0.3) is 5.91 Å². The number of rotatable bonds is 7. The van der Waals surface area contributed by atoms with Crippen molar-refractivity contribution in [2.75, 3.05) is 36.4 Å². The van der Waals surface area contributed by atoms with Gasteiger partial charge in [0.15, 0.2) is 0 Å². The largest absolute Gasteiger partial charge is 0.370 e. The SMILES string of the molecule is CCN(CC)S(=O)(=O)c1cc(C(=O)Nc2ccccc2N2CCCCC2)ccc1C. The summed E-state index contributed by atoms with van der Waals surface area (Å²) in [6.07, 6.45) is 3.53. The lowest BCUT2D eigenvalue weighted by atomic mass is 10.1. The molecule has 0 saturated carbocycles. The first-order chi connectivity index (χ1) is 14.4. The maximum absolute atomic E-state index is 13.0. The van der Waals surface area contributed by atoms with Crippen LogP contribution in [-0.4, -0.2) is 44.8 Å². The Morgan fingerprint density at radius 2 is 1.70 bits per heavy atom. The van der Waals surface area contributed by atoms with Crippen LogP contribution in [0.15, 0.2) is 47.4 Å². The molecule has 1 aliphatic heterocycles. The summed E-state index contributed by atoms with van der Waals surface area (Å²) in [5.41, 5.74) is 2.72. The molecule has 2 aromatic rings. The van der Waals surface area contributed by atoms with Gasteiger partial charge in [-0.2, -0.15) is 4.31 Å². The molecule has 1 saturated heterocycles. The fourth-order valence-electron chi connectivity index (χ4n) is 3.91. The quantitative estimate of drug-likeness (QED) is 0.714. The van der Waals surface area contributed by atoms with Gasteiger partial charge in [-0.05, 0) is 56.0 Å². The molecule has 162 valence electrons. The molecule has 7 heteroatoms. The Kier molecular flexibility index (Phi) is 7.15. The monoisotopic (exact) mass is 429 g/mol. The summed E-state index contributed by atoms with van der Waals surface area (Å²) in [6.45, 7) is 8.10. The Hall–Kier alpha value is -2.38. The van der Waals surface area contributed by atoms with Crippen LogP contribution in [0, 0.1) is 6.92 Å². The molecule has 2 aromatic carbocycles. The predicted octanol–water partition coefficient (Wildman–Crippen LogP) is 4.27. The Bertz CT molecular complexity index is 995. The van der Waals surface area contributed by atoms with Gasteiger partial charge in [0.05, 0.1) is 16.3 Å². The van der Waals surface area contributed by atoms with Crippen molar-refractivity contribution in [2.45, 2.75) is 44.9 Å². The smallest absolute Gasteiger partial charge is 0.255 e. The standard InChI is InChI=1S/C23H31N3O3S/c1-4-26(5-2)30(28,29)22-17-19(14-13-18(22)3)23(27)24-20-11-7-8-12-21(20)25-15-9-6-10-16-25/h7-8,11-14,17H,4-6,9-10,15-16H2,1-3H3,(H,24,27). The van der Waals surface area contributed by atoms with Crippen molar-refractivity contribution in [1.82, 2.24) is 4.31 Å². The van der Waals surface area contributed by atoms with Gasteiger partial charge in [0.1, 0.15) is 0 Å². The zero-order chi connectivity index (χ0) is 21.7. The molecule has 0 aliphatic carbocycles. The lowest BCUT2D eigenvalue weighted by Crippen LogP contribution is -2.31. The number of nitrogens with one attached hydrogen (secondary N) is 1.